The lowest BCUT2D eigenvalue weighted by molar-refractivity contribution is 0.0912. The first-order valence-electron chi connectivity index (χ1n) is 6.54. The Morgan fingerprint density at radius 1 is 1.10 bits per heavy atom. The predicted molar refractivity (Wildman–Crippen MR) is 81.4 cm³/mol. The van der Waals surface area contributed by atoms with Gasteiger partial charge in [0.25, 0.3) is 5.56 Å². The van der Waals surface area contributed by atoms with Gasteiger partial charge >= 0.3 is 0 Å². The lowest BCUT2D eigenvalue weighted by atomic mass is 10.1. The maximum atomic E-state index is 13.5. The first-order chi connectivity index (χ1) is 10.2. The average Bonchev–Trinajstić information content (AvgIpc) is 2.84. The van der Waals surface area contributed by atoms with Crippen molar-refractivity contribution in [1.82, 2.24) is 3.96 Å². The number of fused-ring (bicyclic) bond motifs is 1. The molecular formula is C16H12FNO2S. The van der Waals surface area contributed by atoms with Crippen molar-refractivity contribution >= 4 is 27.5 Å². The highest BCUT2D eigenvalue weighted by atomic mass is 32.1. The first-order valence-corrected chi connectivity index (χ1v) is 7.32. The van der Waals surface area contributed by atoms with Crippen molar-refractivity contribution in [2.75, 3.05) is 0 Å². The van der Waals surface area contributed by atoms with Crippen LogP contribution in [0.15, 0.2) is 53.3 Å². The summed E-state index contributed by atoms with van der Waals surface area (Å²) in [6, 6.07) is 13.5. The minimum Gasteiger partial charge on any atom is -0.273 e. The quantitative estimate of drug-likeness (QED) is 0.743. The van der Waals surface area contributed by atoms with Gasteiger partial charge in [-0.15, -0.1) is 0 Å². The minimum atomic E-state index is -0.325. The van der Waals surface area contributed by atoms with E-state index in [0.29, 0.717) is 10.9 Å². The van der Waals surface area contributed by atoms with Crippen LogP contribution in [0.2, 0.25) is 0 Å². The van der Waals surface area contributed by atoms with E-state index >= 15 is 0 Å². The maximum Gasteiger partial charge on any atom is 0.275 e. The molecule has 106 valence electrons. The Morgan fingerprint density at radius 3 is 2.57 bits per heavy atom. The molecule has 0 radical (unpaired) electrons. The summed E-state index contributed by atoms with van der Waals surface area (Å²) in [7, 11) is 0. The number of carbonyl (C=O) groups excluding carboxylic acids is 1. The minimum absolute atomic E-state index is 0.105. The molecule has 3 nitrogen and oxygen atoms in total. The summed E-state index contributed by atoms with van der Waals surface area (Å²) in [6.07, 6.45) is 0.389. The molecule has 0 aliphatic carbocycles. The van der Waals surface area contributed by atoms with Crippen LogP contribution in [0.5, 0.6) is 0 Å². The molecule has 1 heterocycles. The van der Waals surface area contributed by atoms with Crippen LogP contribution in [0.3, 0.4) is 0 Å². The molecule has 0 saturated carbocycles. The predicted octanol–water partition coefficient (Wildman–Crippen LogP) is 3.48. The van der Waals surface area contributed by atoms with Crippen molar-refractivity contribution in [3.63, 3.8) is 0 Å². The molecule has 3 rings (SSSR count). The maximum absolute atomic E-state index is 13.5. The zero-order valence-electron chi connectivity index (χ0n) is 11.1. The number of aryl methyl sites for hydroxylation is 1. The summed E-state index contributed by atoms with van der Waals surface area (Å²) in [5.41, 5.74) is 0.189. The van der Waals surface area contributed by atoms with E-state index in [-0.39, 0.29) is 30.1 Å². The molecule has 0 fully saturated rings. The lowest BCUT2D eigenvalue weighted by Crippen LogP contribution is -2.21. The molecule has 0 aliphatic rings. The molecule has 0 atom stereocenters. The van der Waals surface area contributed by atoms with Gasteiger partial charge in [-0.2, -0.15) is 3.96 Å². The van der Waals surface area contributed by atoms with Gasteiger partial charge in [-0.05, 0) is 41.7 Å². The second-order valence-corrected chi connectivity index (χ2v) is 5.66. The molecule has 0 N–H and O–H groups in total. The van der Waals surface area contributed by atoms with Crippen LogP contribution in [0.25, 0.3) is 10.1 Å². The fraction of sp³-hybridized carbons (Fsp3) is 0.125. The Labute approximate surface area is 124 Å². The van der Waals surface area contributed by atoms with Gasteiger partial charge in [0.05, 0.1) is 10.1 Å². The summed E-state index contributed by atoms with van der Waals surface area (Å²) in [5.74, 6) is -0.626. The zero-order chi connectivity index (χ0) is 14.8. The van der Waals surface area contributed by atoms with E-state index in [9.17, 15) is 14.0 Å². The van der Waals surface area contributed by atoms with Gasteiger partial charge in [0, 0.05) is 6.42 Å². The fourth-order valence-electron chi connectivity index (χ4n) is 2.18. The van der Waals surface area contributed by atoms with E-state index in [4.69, 9.17) is 0 Å². The van der Waals surface area contributed by atoms with E-state index in [2.05, 4.69) is 0 Å². The highest BCUT2D eigenvalue weighted by molar-refractivity contribution is 7.14. The molecule has 0 spiro atoms. The van der Waals surface area contributed by atoms with Gasteiger partial charge in [0.15, 0.2) is 0 Å². The summed E-state index contributed by atoms with van der Waals surface area (Å²) >= 11 is 1.13. The summed E-state index contributed by atoms with van der Waals surface area (Å²) < 4.78 is 15.4. The zero-order valence-corrected chi connectivity index (χ0v) is 11.9. The van der Waals surface area contributed by atoms with Gasteiger partial charge in [-0.25, -0.2) is 4.39 Å². The highest BCUT2D eigenvalue weighted by Crippen LogP contribution is 2.17. The van der Waals surface area contributed by atoms with Crippen molar-refractivity contribution in [3.8, 4) is 0 Å². The number of halogens is 1. The lowest BCUT2D eigenvalue weighted by Gasteiger charge is -2.02. The van der Waals surface area contributed by atoms with Crippen LogP contribution in [-0.2, 0) is 6.42 Å². The number of hydrogen-bond donors (Lipinski definition) is 0. The summed E-state index contributed by atoms with van der Waals surface area (Å²) in [5, 5.41) is 0.543. The topological polar surface area (TPSA) is 39.1 Å². The van der Waals surface area contributed by atoms with Gasteiger partial charge < -0.3 is 0 Å². The molecule has 0 saturated heterocycles. The van der Waals surface area contributed by atoms with E-state index in [1.54, 1.807) is 30.3 Å². The van der Waals surface area contributed by atoms with Crippen LogP contribution in [0.4, 0.5) is 4.39 Å². The number of aromatic nitrogens is 1. The van der Waals surface area contributed by atoms with Crippen molar-refractivity contribution < 1.29 is 9.18 Å². The third-order valence-electron chi connectivity index (χ3n) is 3.28. The number of hydrogen-bond acceptors (Lipinski definition) is 3. The number of carbonyl (C=O) groups is 1. The first kappa shape index (κ1) is 13.7. The van der Waals surface area contributed by atoms with Crippen LogP contribution in [0, 0.1) is 5.82 Å². The SMILES string of the molecule is O=C(CCc1ccccc1F)n1sc2ccccc2c1=O. The smallest absolute Gasteiger partial charge is 0.273 e. The van der Waals surface area contributed by atoms with E-state index in [0.717, 1.165) is 20.2 Å². The van der Waals surface area contributed by atoms with Crippen molar-refractivity contribution in [1.29, 1.82) is 0 Å². The Hall–Kier alpha value is -2.27. The Kier molecular flexibility index (Phi) is 3.66. The molecule has 3 aromatic rings. The van der Waals surface area contributed by atoms with E-state index in [1.807, 2.05) is 12.1 Å². The molecular weight excluding hydrogens is 289 g/mol. The third-order valence-corrected chi connectivity index (χ3v) is 4.39. The number of rotatable bonds is 3. The normalized spacial score (nSPS) is 10.9. The third kappa shape index (κ3) is 2.64. The molecule has 1 aromatic heterocycles. The van der Waals surface area contributed by atoms with Gasteiger partial charge in [0.2, 0.25) is 5.91 Å². The fourth-order valence-corrected chi connectivity index (χ4v) is 3.14. The second-order valence-electron chi connectivity index (χ2n) is 4.67. The van der Waals surface area contributed by atoms with Crippen LogP contribution >= 0.6 is 11.5 Å². The molecule has 0 unspecified atom stereocenters. The molecule has 21 heavy (non-hydrogen) atoms. The Bertz CT molecular complexity index is 866. The second kappa shape index (κ2) is 5.61. The Balaban J connectivity index is 1.83. The van der Waals surface area contributed by atoms with Gasteiger partial charge in [-0.3, -0.25) is 9.59 Å². The van der Waals surface area contributed by atoms with E-state index in [1.165, 1.54) is 6.07 Å². The summed E-state index contributed by atoms with van der Waals surface area (Å²) in [4.78, 5) is 24.3. The van der Waals surface area contributed by atoms with Crippen LogP contribution in [0.1, 0.15) is 16.8 Å². The van der Waals surface area contributed by atoms with Crippen LogP contribution < -0.4 is 5.56 Å². The highest BCUT2D eigenvalue weighted by Gasteiger charge is 2.14. The molecule has 2 aromatic carbocycles. The van der Waals surface area contributed by atoms with Gasteiger partial charge in [-0.1, -0.05) is 30.3 Å². The molecule has 5 heteroatoms. The standard InChI is InChI=1S/C16H12FNO2S/c17-13-7-3-1-5-11(13)9-10-15(19)18-16(20)12-6-2-4-8-14(12)21-18/h1-8H,9-10H2. The van der Waals surface area contributed by atoms with Crippen molar-refractivity contribution in [2.45, 2.75) is 12.8 Å². The molecule has 0 amide bonds. The average molecular weight is 301 g/mol. The Morgan fingerprint density at radius 2 is 1.81 bits per heavy atom. The van der Waals surface area contributed by atoms with Crippen molar-refractivity contribution in [2.24, 2.45) is 0 Å². The van der Waals surface area contributed by atoms with Crippen LogP contribution in [-0.4, -0.2) is 9.86 Å². The van der Waals surface area contributed by atoms with Crippen molar-refractivity contribution in [3.05, 3.63) is 70.3 Å². The van der Waals surface area contributed by atoms with E-state index < -0.39 is 0 Å². The largest absolute Gasteiger partial charge is 0.275 e. The number of benzene rings is 2. The monoisotopic (exact) mass is 301 g/mol. The van der Waals surface area contributed by atoms with Gasteiger partial charge in [0.1, 0.15) is 5.82 Å². The molecule has 0 aliphatic heterocycles. The summed E-state index contributed by atoms with van der Waals surface area (Å²) in [6.45, 7) is 0. The number of nitrogens with zero attached hydrogens (tertiary/aromatic N) is 1. The molecule has 0 bridgehead atoms.